The summed E-state index contributed by atoms with van der Waals surface area (Å²) >= 11 is 0. The molecule has 2 aliphatic heterocycles. The van der Waals surface area contributed by atoms with Gasteiger partial charge >= 0.3 is 0 Å². The molecule has 0 aromatic heterocycles. The summed E-state index contributed by atoms with van der Waals surface area (Å²) in [5.41, 5.74) is -1.55. The quantitative estimate of drug-likeness (QED) is 0.560. The van der Waals surface area contributed by atoms with Crippen molar-refractivity contribution >= 4 is 23.6 Å². The molecule has 2 saturated heterocycles. The van der Waals surface area contributed by atoms with Gasteiger partial charge in [-0.05, 0) is 38.5 Å². The fraction of sp³-hybridized carbons (Fsp3) is 0.625. The summed E-state index contributed by atoms with van der Waals surface area (Å²) in [6.07, 6.45) is 5.27. The Morgan fingerprint density at radius 3 is 2.09 bits per heavy atom. The number of carbonyl (C=O) groups excluding carboxylic acids is 4. The number of likely N-dealkylation sites (tertiary alicyclic amines) is 1. The highest BCUT2D eigenvalue weighted by Crippen LogP contribution is 2.68. The molecule has 1 saturated carbocycles. The molecule has 6 heteroatoms. The van der Waals surface area contributed by atoms with Crippen molar-refractivity contribution in [3.8, 4) is 0 Å². The largest absolute Gasteiger partial charge is 0.295 e. The lowest BCUT2D eigenvalue weighted by atomic mass is 9.61. The zero-order valence-electron chi connectivity index (χ0n) is 12.6. The van der Waals surface area contributed by atoms with Crippen molar-refractivity contribution in [2.75, 3.05) is 0 Å². The molecular formula is C16H18N2O4. The van der Waals surface area contributed by atoms with E-state index >= 15 is 0 Å². The van der Waals surface area contributed by atoms with Gasteiger partial charge in [-0.25, -0.2) is 0 Å². The minimum atomic E-state index is -0.851. The molecule has 0 aromatic carbocycles. The van der Waals surface area contributed by atoms with Crippen LogP contribution in [0.3, 0.4) is 0 Å². The Bertz CT molecular complexity index is 633. The van der Waals surface area contributed by atoms with Gasteiger partial charge in [0.2, 0.25) is 23.6 Å². The molecule has 1 N–H and O–H groups in total. The van der Waals surface area contributed by atoms with Crippen LogP contribution >= 0.6 is 0 Å². The van der Waals surface area contributed by atoms with Crippen molar-refractivity contribution in [3.63, 3.8) is 0 Å². The average molecular weight is 302 g/mol. The first-order chi connectivity index (χ1) is 10.3. The van der Waals surface area contributed by atoms with Crippen LogP contribution < -0.4 is 5.32 Å². The van der Waals surface area contributed by atoms with Crippen LogP contribution in [0, 0.1) is 22.7 Å². The third kappa shape index (κ3) is 1.23. The number of nitrogens with zero attached hydrogens (tertiary/aromatic N) is 1. The fourth-order valence-electron chi connectivity index (χ4n) is 4.89. The first-order valence-electron chi connectivity index (χ1n) is 7.72. The number of rotatable bonds is 1. The van der Waals surface area contributed by atoms with Crippen molar-refractivity contribution in [2.24, 2.45) is 22.7 Å². The maximum Gasteiger partial charge on any atom is 0.249 e. The van der Waals surface area contributed by atoms with Gasteiger partial charge in [0.1, 0.15) is 6.04 Å². The number of hydrogen-bond donors (Lipinski definition) is 1. The Kier molecular flexibility index (Phi) is 2.40. The predicted molar refractivity (Wildman–Crippen MR) is 75.0 cm³/mol. The monoisotopic (exact) mass is 302 g/mol. The van der Waals surface area contributed by atoms with Crippen LogP contribution in [0.25, 0.3) is 0 Å². The van der Waals surface area contributed by atoms with Crippen LogP contribution in [0.2, 0.25) is 0 Å². The number of allylic oxidation sites excluding steroid dienone is 2. The number of piperidine rings is 1. The summed E-state index contributed by atoms with van der Waals surface area (Å²) < 4.78 is 0. The van der Waals surface area contributed by atoms with Crippen LogP contribution in [0.5, 0.6) is 0 Å². The number of amides is 4. The molecule has 0 spiro atoms. The highest BCUT2D eigenvalue weighted by molar-refractivity contribution is 6.14. The fourth-order valence-corrected chi connectivity index (χ4v) is 4.89. The first-order valence-corrected chi connectivity index (χ1v) is 7.72. The molecule has 22 heavy (non-hydrogen) atoms. The second kappa shape index (κ2) is 3.86. The second-order valence-corrected chi connectivity index (χ2v) is 7.19. The lowest BCUT2D eigenvalue weighted by Gasteiger charge is -2.36. The van der Waals surface area contributed by atoms with Gasteiger partial charge in [-0.3, -0.25) is 29.4 Å². The molecule has 6 nitrogen and oxygen atoms in total. The molecule has 2 bridgehead atoms. The van der Waals surface area contributed by atoms with E-state index in [4.69, 9.17) is 0 Å². The van der Waals surface area contributed by atoms with Crippen LogP contribution in [0.1, 0.15) is 33.1 Å². The first kappa shape index (κ1) is 13.7. The highest BCUT2D eigenvalue weighted by Gasteiger charge is 2.75. The number of fused-ring (bicyclic) bond motifs is 5. The summed E-state index contributed by atoms with van der Waals surface area (Å²) in [4.78, 5) is 50.6. The second-order valence-electron chi connectivity index (χ2n) is 7.19. The topological polar surface area (TPSA) is 83.6 Å². The zero-order valence-corrected chi connectivity index (χ0v) is 12.6. The van der Waals surface area contributed by atoms with Gasteiger partial charge in [0.25, 0.3) is 0 Å². The van der Waals surface area contributed by atoms with Crippen LogP contribution in [0.15, 0.2) is 12.2 Å². The molecule has 5 atom stereocenters. The van der Waals surface area contributed by atoms with E-state index in [0.717, 1.165) is 11.3 Å². The zero-order chi connectivity index (χ0) is 15.9. The van der Waals surface area contributed by atoms with E-state index in [9.17, 15) is 19.2 Å². The van der Waals surface area contributed by atoms with E-state index < -0.39 is 22.8 Å². The van der Waals surface area contributed by atoms with Gasteiger partial charge in [0.05, 0.1) is 10.8 Å². The normalized spacial score (nSPS) is 46.5. The molecule has 1 unspecified atom stereocenters. The van der Waals surface area contributed by atoms with Gasteiger partial charge in [-0.1, -0.05) is 12.2 Å². The minimum Gasteiger partial charge on any atom is -0.295 e. The molecule has 4 aliphatic rings. The maximum absolute atomic E-state index is 13.0. The van der Waals surface area contributed by atoms with E-state index in [1.54, 1.807) is 0 Å². The van der Waals surface area contributed by atoms with Crippen molar-refractivity contribution in [3.05, 3.63) is 12.2 Å². The van der Waals surface area contributed by atoms with Gasteiger partial charge in [0, 0.05) is 6.42 Å². The van der Waals surface area contributed by atoms with Crippen LogP contribution in [0.4, 0.5) is 0 Å². The van der Waals surface area contributed by atoms with Crippen LogP contribution in [-0.2, 0) is 19.2 Å². The van der Waals surface area contributed by atoms with Crippen LogP contribution in [-0.4, -0.2) is 34.6 Å². The minimum absolute atomic E-state index is 0.0530. The number of nitrogens with one attached hydrogen (secondary N) is 1. The van der Waals surface area contributed by atoms with E-state index in [0.29, 0.717) is 0 Å². The smallest absolute Gasteiger partial charge is 0.249 e. The van der Waals surface area contributed by atoms with Crippen molar-refractivity contribution < 1.29 is 19.2 Å². The summed E-state index contributed by atoms with van der Waals surface area (Å²) in [6, 6.07) is -0.851. The number of imide groups is 2. The summed E-state index contributed by atoms with van der Waals surface area (Å²) in [6.45, 7) is 3.71. The number of hydrogen-bond acceptors (Lipinski definition) is 4. The molecule has 2 heterocycles. The Hall–Kier alpha value is -1.98. The number of carbonyl (C=O) groups is 4. The lowest BCUT2D eigenvalue weighted by Crippen LogP contribution is -2.55. The average Bonchev–Trinajstić information content (AvgIpc) is 3.07. The Morgan fingerprint density at radius 2 is 1.59 bits per heavy atom. The van der Waals surface area contributed by atoms with Gasteiger partial charge in [-0.2, -0.15) is 0 Å². The molecule has 4 amide bonds. The van der Waals surface area contributed by atoms with E-state index in [2.05, 4.69) is 5.32 Å². The SMILES string of the molecule is C[C@@]12C(=O)N(C3CCC(=O)NC3=O)C(=O)[C@]1(C)[C@H]1C=C[C@@H]2C1. The standard InChI is InChI=1S/C16H18N2O4/c1-15-8-3-4-9(7-8)16(15,2)14(22)18(13(15)21)10-5-6-11(19)17-12(10)20/h3-4,8-10H,5-7H2,1-2H3,(H,17,19,20)/t8-,9+,10?,15-,16+. The molecule has 0 aromatic rings. The molecule has 4 rings (SSSR count). The van der Waals surface area contributed by atoms with Crippen molar-refractivity contribution in [2.45, 2.75) is 39.2 Å². The Labute approximate surface area is 127 Å². The Balaban J connectivity index is 1.76. The van der Waals surface area contributed by atoms with Crippen molar-refractivity contribution in [1.82, 2.24) is 10.2 Å². The van der Waals surface area contributed by atoms with Crippen molar-refractivity contribution in [1.29, 1.82) is 0 Å². The summed E-state index contributed by atoms with van der Waals surface area (Å²) in [7, 11) is 0. The third-order valence-electron chi connectivity index (χ3n) is 6.49. The van der Waals surface area contributed by atoms with Gasteiger partial charge < -0.3 is 0 Å². The summed E-state index contributed by atoms with van der Waals surface area (Å²) in [5, 5.41) is 2.24. The molecule has 116 valence electrons. The molecule has 3 fully saturated rings. The maximum atomic E-state index is 13.0. The van der Waals surface area contributed by atoms with E-state index in [-0.39, 0.29) is 42.4 Å². The predicted octanol–water partition coefficient (Wildman–Crippen LogP) is 0.379. The highest BCUT2D eigenvalue weighted by atomic mass is 16.2. The third-order valence-corrected chi connectivity index (χ3v) is 6.49. The molecule has 0 radical (unpaired) electrons. The molecule has 2 aliphatic carbocycles. The van der Waals surface area contributed by atoms with Gasteiger partial charge in [0.15, 0.2) is 0 Å². The van der Waals surface area contributed by atoms with E-state index in [1.807, 2.05) is 26.0 Å². The Morgan fingerprint density at radius 1 is 1.05 bits per heavy atom. The lowest BCUT2D eigenvalue weighted by molar-refractivity contribution is -0.153. The molecular weight excluding hydrogens is 284 g/mol. The summed E-state index contributed by atoms with van der Waals surface area (Å²) in [5.74, 6) is -1.29. The van der Waals surface area contributed by atoms with E-state index in [1.165, 1.54) is 0 Å². The van der Waals surface area contributed by atoms with Gasteiger partial charge in [-0.15, -0.1) is 0 Å².